The van der Waals surface area contributed by atoms with Crippen LogP contribution in [0, 0.1) is 6.92 Å². The second-order valence-electron chi connectivity index (χ2n) is 8.34. The summed E-state index contributed by atoms with van der Waals surface area (Å²) in [5.41, 5.74) is 3.45. The van der Waals surface area contributed by atoms with Crippen molar-refractivity contribution in [1.82, 2.24) is 5.32 Å². The largest absolute Gasteiger partial charge is 0.493 e. The number of benzene rings is 2. The highest BCUT2D eigenvalue weighted by Gasteiger charge is 2.59. The Kier molecular flexibility index (Phi) is 4.68. The van der Waals surface area contributed by atoms with Gasteiger partial charge in [-0.1, -0.05) is 37.6 Å². The molecule has 0 spiro atoms. The Balaban J connectivity index is 1.82. The van der Waals surface area contributed by atoms with Crippen molar-refractivity contribution in [2.24, 2.45) is 0 Å². The molecule has 158 valence electrons. The first-order valence-corrected chi connectivity index (χ1v) is 9.96. The number of hydrogen-bond donors (Lipinski definition) is 1. The van der Waals surface area contributed by atoms with Crippen molar-refractivity contribution in [2.75, 3.05) is 32.8 Å². The highest BCUT2D eigenvalue weighted by atomic mass is 16.5. The topological polar surface area (TPSA) is 60.0 Å². The Labute approximate surface area is 177 Å². The number of hydrogen-bond acceptors (Lipinski definition) is 5. The van der Waals surface area contributed by atoms with Crippen molar-refractivity contribution in [3.8, 4) is 17.2 Å². The maximum Gasteiger partial charge on any atom is 0.241 e. The third-order valence-electron chi connectivity index (χ3n) is 6.33. The maximum absolute atomic E-state index is 12.5. The van der Waals surface area contributed by atoms with Crippen molar-refractivity contribution < 1.29 is 19.0 Å². The number of rotatable bonds is 5. The Morgan fingerprint density at radius 2 is 1.70 bits per heavy atom. The maximum atomic E-state index is 12.5. The number of nitrogens with zero attached hydrogens (tertiary/aromatic N) is 1. The van der Waals surface area contributed by atoms with Crippen LogP contribution in [0.25, 0.3) is 6.08 Å². The Morgan fingerprint density at radius 1 is 1.03 bits per heavy atom. The van der Waals surface area contributed by atoms with Gasteiger partial charge in [0.05, 0.1) is 27.9 Å². The molecule has 1 atom stereocenters. The third kappa shape index (κ3) is 2.74. The first-order valence-electron chi connectivity index (χ1n) is 9.96. The van der Waals surface area contributed by atoms with Gasteiger partial charge in [-0.05, 0) is 42.3 Å². The van der Waals surface area contributed by atoms with Crippen molar-refractivity contribution >= 4 is 17.7 Å². The zero-order valence-electron chi connectivity index (χ0n) is 18.3. The molecule has 1 N–H and O–H groups in total. The van der Waals surface area contributed by atoms with Gasteiger partial charge in [-0.2, -0.15) is 0 Å². The molecule has 0 radical (unpaired) electrons. The van der Waals surface area contributed by atoms with E-state index in [9.17, 15) is 4.79 Å². The van der Waals surface area contributed by atoms with Gasteiger partial charge in [-0.3, -0.25) is 4.79 Å². The Bertz CT molecular complexity index is 1020. The fourth-order valence-corrected chi connectivity index (χ4v) is 4.70. The molecule has 1 saturated heterocycles. The summed E-state index contributed by atoms with van der Waals surface area (Å²) >= 11 is 0. The molecule has 0 aliphatic carbocycles. The molecule has 2 aromatic carbocycles. The van der Waals surface area contributed by atoms with Crippen molar-refractivity contribution in [3.05, 3.63) is 53.1 Å². The number of carbonyl (C=O) groups excluding carboxylic acids is 1. The molecule has 4 rings (SSSR count). The summed E-state index contributed by atoms with van der Waals surface area (Å²) in [7, 11) is 4.78. The minimum absolute atomic E-state index is 0.0174. The van der Waals surface area contributed by atoms with E-state index < -0.39 is 5.66 Å². The van der Waals surface area contributed by atoms with Crippen LogP contribution < -0.4 is 24.4 Å². The molecule has 6 heteroatoms. The molecule has 2 aliphatic heterocycles. The monoisotopic (exact) mass is 408 g/mol. The second-order valence-corrected chi connectivity index (χ2v) is 8.34. The normalized spacial score (nSPS) is 21.4. The Hall–Kier alpha value is -3.15. The molecule has 2 aromatic rings. The minimum Gasteiger partial charge on any atom is -0.493 e. The lowest BCUT2D eigenvalue weighted by Crippen LogP contribution is -2.58. The third-order valence-corrected chi connectivity index (χ3v) is 6.33. The molecule has 1 amide bonds. The number of nitrogens with one attached hydrogen (secondary N) is 1. The van der Waals surface area contributed by atoms with E-state index in [1.54, 1.807) is 21.3 Å². The van der Waals surface area contributed by atoms with E-state index in [-0.39, 0.29) is 11.3 Å². The number of amides is 1. The van der Waals surface area contributed by atoms with Crippen LogP contribution in [0.4, 0.5) is 5.69 Å². The van der Waals surface area contributed by atoms with E-state index in [1.165, 1.54) is 11.1 Å². The standard InChI is InChI=1S/C24H28N2O4/c1-15-7-8-18-17(11-15)23(2,3)24(25-21(27)14-26(18)24)10-9-16-12-19(28-4)22(30-6)20(13-16)29-5/h7-13H,14H2,1-6H3,(H,25,27)/b10-9+/t24-/m1/s1. The van der Waals surface area contributed by atoms with Gasteiger partial charge in [0.15, 0.2) is 11.5 Å². The van der Waals surface area contributed by atoms with E-state index in [2.05, 4.69) is 55.3 Å². The molecule has 0 unspecified atom stereocenters. The van der Waals surface area contributed by atoms with Gasteiger partial charge >= 0.3 is 0 Å². The minimum atomic E-state index is -0.652. The lowest BCUT2D eigenvalue weighted by atomic mass is 9.75. The van der Waals surface area contributed by atoms with Gasteiger partial charge in [0.1, 0.15) is 5.66 Å². The predicted molar refractivity (Wildman–Crippen MR) is 118 cm³/mol. The number of anilines is 1. The number of ether oxygens (including phenoxy) is 3. The highest BCUT2D eigenvalue weighted by Crippen LogP contribution is 2.53. The summed E-state index contributed by atoms with van der Waals surface area (Å²) in [4.78, 5) is 14.6. The fraction of sp³-hybridized carbons (Fsp3) is 0.375. The summed E-state index contributed by atoms with van der Waals surface area (Å²) in [6.07, 6.45) is 4.08. The van der Waals surface area contributed by atoms with Gasteiger partial charge in [0.2, 0.25) is 11.7 Å². The van der Waals surface area contributed by atoms with Crippen LogP contribution in [0.15, 0.2) is 36.4 Å². The van der Waals surface area contributed by atoms with Gasteiger partial charge in [0.25, 0.3) is 0 Å². The number of aryl methyl sites for hydroxylation is 1. The summed E-state index contributed by atoms with van der Waals surface area (Å²) in [5, 5.41) is 3.25. The van der Waals surface area contributed by atoms with E-state index in [0.717, 1.165) is 11.3 Å². The molecular formula is C24H28N2O4. The average molecular weight is 408 g/mol. The quantitative estimate of drug-likeness (QED) is 0.818. The zero-order chi connectivity index (χ0) is 21.7. The lowest BCUT2D eigenvalue weighted by Gasteiger charge is -2.40. The summed E-state index contributed by atoms with van der Waals surface area (Å²) in [6.45, 7) is 6.78. The van der Waals surface area contributed by atoms with E-state index in [0.29, 0.717) is 23.8 Å². The summed E-state index contributed by atoms with van der Waals surface area (Å²) in [6, 6.07) is 10.2. The Morgan fingerprint density at radius 3 is 2.30 bits per heavy atom. The molecule has 0 aromatic heterocycles. The van der Waals surface area contributed by atoms with E-state index in [1.807, 2.05) is 18.2 Å². The highest BCUT2D eigenvalue weighted by molar-refractivity contribution is 5.91. The van der Waals surface area contributed by atoms with Crippen molar-refractivity contribution in [2.45, 2.75) is 31.8 Å². The van der Waals surface area contributed by atoms with Crippen LogP contribution in [0.2, 0.25) is 0 Å². The summed E-state index contributed by atoms with van der Waals surface area (Å²) in [5.74, 6) is 1.75. The van der Waals surface area contributed by atoms with Gasteiger partial charge in [-0.15, -0.1) is 0 Å². The molecule has 0 bridgehead atoms. The van der Waals surface area contributed by atoms with Gasteiger partial charge in [-0.25, -0.2) is 0 Å². The number of carbonyl (C=O) groups is 1. The number of methoxy groups -OCH3 is 3. The first kappa shape index (κ1) is 20.1. The molecule has 6 nitrogen and oxygen atoms in total. The first-order chi connectivity index (χ1) is 14.3. The van der Waals surface area contributed by atoms with Gasteiger partial charge in [0, 0.05) is 11.1 Å². The summed E-state index contributed by atoms with van der Waals surface area (Å²) < 4.78 is 16.4. The van der Waals surface area contributed by atoms with Crippen LogP contribution in [-0.4, -0.2) is 39.4 Å². The lowest BCUT2D eigenvalue weighted by molar-refractivity contribution is -0.118. The van der Waals surface area contributed by atoms with Gasteiger partial charge < -0.3 is 24.4 Å². The van der Waals surface area contributed by atoms with Crippen LogP contribution in [0.3, 0.4) is 0 Å². The fourth-order valence-electron chi connectivity index (χ4n) is 4.70. The van der Waals surface area contributed by atoms with Crippen molar-refractivity contribution in [1.29, 1.82) is 0 Å². The molecule has 2 heterocycles. The average Bonchev–Trinajstić information content (AvgIpc) is 3.15. The van der Waals surface area contributed by atoms with Crippen molar-refractivity contribution in [3.63, 3.8) is 0 Å². The zero-order valence-corrected chi connectivity index (χ0v) is 18.3. The molecule has 1 fully saturated rings. The van der Waals surface area contributed by atoms with Crippen LogP contribution >= 0.6 is 0 Å². The van der Waals surface area contributed by atoms with E-state index >= 15 is 0 Å². The molecular weight excluding hydrogens is 380 g/mol. The smallest absolute Gasteiger partial charge is 0.241 e. The predicted octanol–water partition coefficient (Wildman–Crippen LogP) is 3.66. The molecule has 0 saturated carbocycles. The van der Waals surface area contributed by atoms with Crippen LogP contribution in [0.5, 0.6) is 17.2 Å². The van der Waals surface area contributed by atoms with Crippen LogP contribution in [0.1, 0.15) is 30.5 Å². The van der Waals surface area contributed by atoms with E-state index in [4.69, 9.17) is 14.2 Å². The molecule has 2 aliphatic rings. The molecule has 30 heavy (non-hydrogen) atoms. The second kappa shape index (κ2) is 6.97. The number of fused-ring (bicyclic) bond motifs is 3. The van der Waals surface area contributed by atoms with Crippen LogP contribution in [-0.2, 0) is 10.2 Å². The SMILES string of the molecule is COc1cc(/C=C/[C@@]23NC(=O)CN2c2ccc(C)cc2C3(C)C)cc(OC)c1OC.